The predicted molar refractivity (Wildman–Crippen MR) is 90.7 cm³/mol. The molecule has 1 aliphatic rings. The fourth-order valence-electron chi connectivity index (χ4n) is 3.22. The third-order valence-electron chi connectivity index (χ3n) is 4.62. The van der Waals surface area contributed by atoms with Crippen LogP contribution < -0.4 is 0 Å². The average Bonchev–Trinajstić information content (AvgIpc) is 2.57. The molecular weight excluding hydrogens is 329 g/mol. The fraction of sp³-hybridized carbons (Fsp3) is 0.368. The highest BCUT2D eigenvalue weighted by Crippen LogP contribution is 2.43. The molecular formula is C19H19ClFNO2. The van der Waals surface area contributed by atoms with Crippen LogP contribution in [0.4, 0.5) is 4.39 Å². The van der Waals surface area contributed by atoms with Gasteiger partial charge in [0.15, 0.2) is 11.5 Å². The van der Waals surface area contributed by atoms with Crippen molar-refractivity contribution in [2.24, 2.45) is 0 Å². The number of alkyl halides is 1. The van der Waals surface area contributed by atoms with E-state index in [0.29, 0.717) is 11.4 Å². The van der Waals surface area contributed by atoms with Crippen LogP contribution in [0.2, 0.25) is 5.02 Å². The summed E-state index contributed by atoms with van der Waals surface area (Å²) in [5, 5.41) is 10.6. The summed E-state index contributed by atoms with van der Waals surface area (Å²) in [6, 6.07) is 8.77. The maximum absolute atomic E-state index is 15.5. The second-order valence-corrected chi connectivity index (χ2v) is 6.72. The number of Topliss-reactive ketones (excluding diaryl/α,β-unsaturated/α-hetero) is 1. The number of halogens is 2. The molecule has 24 heavy (non-hydrogen) atoms. The average molecular weight is 348 g/mol. The van der Waals surface area contributed by atoms with E-state index in [4.69, 9.17) is 11.6 Å². The summed E-state index contributed by atoms with van der Waals surface area (Å²) in [5.74, 6) is -0.486. The lowest BCUT2D eigenvalue weighted by atomic mass is 9.77. The number of hydrogen-bond acceptors (Lipinski definition) is 3. The second kappa shape index (κ2) is 6.61. The topological polar surface area (TPSA) is 50.2 Å². The van der Waals surface area contributed by atoms with Crippen LogP contribution in [0.5, 0.6) is 0 Å². The molecule has 0 spiro atoms. The van der Waals surface area contributed by atoms with Crippen LogP contribution in [0.15, 0.2) is 36.5 Å². The van der Waals surface area contributed by atoms with Crippen molar-refractivity contribution in [1.29, 1.82) is 0 Å². The van der Waals surface area contributed by atoms with E-state index >= 15 is 4.39 Å². The Balaban J connectivity index is 1.81. The van der Waals surface area contributed by atoms with Gasteiger partial charge in [0.25, 0.3) is 0 Å². The number of hydrogen-bond donors (Lipinski definition) is 1. The molecule has 0 bridgehead atoms. The quantitative estimate of drug-likeness (QED) is 0.900. The minimum atomic E-state index is -2.08. The van der Waals surface area contributed by atoms with Crippen molar-refractivity contribution in [1.82, 2.24) is 4.98 Å². The highest BCUT2D eigenvalue weighted by Gasteiger charge is 2.45. The highest BCUT2D eigenvalue weighted by molar-refractivity contribution is 6.31. The third kappa shape index (κ3) is 3.08. The number of rotatable bonds is 4. The number of ketones is 1. The van der Waals surface area contributed by atoms with Crippen LogP contribution >= 0.6 is 11.6 Å². The van der Waals surface area contributed by atoms with Crippen LogP contribution in [-0.2, 0) is 16.9 Å². The Kier molecular flexibility index (Phi) is 4.70. The van der Waals surface area contributed by atoms with Crippen molar-refractivity contribution in [3.8, 4) is 0 Å². The number of benzene rings is 1. The first-order chi connectivity index (χ1) is 11.4. The van der Waals surface area contributed by atoms with Gasteiger partial charge in [-0.3, -0.25) is 9.78 Å². The summed E-state index contributed by atoms with van der Waals surface area (Å²) in [5.41, 5.74) is 0.261. The predicted octanol–water partition coefficient (Wildman–Crippen LogP) is 4.24. The number of aryl methyl sites for hydroxylation is 2. The van der Waals surface area contributed by atoms with Crippen LogP contribution in [0, 0.1) is 6.92 Å². The van der Waals surface area contributed by atoms with Crippen molar-refractivity contribution >= 4 is 17.4 Å². The third-order valence-corrected chi connectivity index (χ3v) is 4.97. The van der Waals surface area contributed by atoms with E-state index in [1.54, 1.807) is 12.1 Å². The van der Waals surface area contributed by atoms with Gasteiger partial charge < -0.3 is 5.11 Å². The first-order valence-corrected chi connectivity index (χ1v) is 8.40. The number of pyridine rings is 1. The molecule has 0 unspecified atom stereocenters. The second-order valence-electron chi connectivity index (χ2n) is 6.31. The SMILES string of the molecule is Cc1ccc(CCC(=O)[C@@]2(F)CC[C@@H](O)c3ncccc32)c(Cl)c1. The van der Waals surface area contributed by atoms with Gasteiger partial charge in [0.05, 0.1) is 11.8 Å². The Labute approximate surface area is 145 Å². The van der Waals surface area contributed by atoms with Crippen molar-refractivity contribution in [3.05, 3.63) is 63.9 Å². The maximum atomic E-state index is 15.5. The van der Waals surface area contributed by atoms with Crippen molar-refractivity contribution in [2.75, 3.05) is 0 Å². The van der Waals surface area contributed by atoms with Gasteiger partial charge in [-0.25, -0.2) is 4.39 Å². The molecule has 0 aliphatic heterocycles. The van der Waals surface area contributed by atoms with Crippen LogP contribution in [0.1, 0.15) is 47.8 Å². The van der Waals surface area contributed by atoms with Crippen molar-refractivity contribution in [2.45, 2.75) is 44.4 Å². The zero-order valence-electron chi connectivity index (χ0n) is 13.4. The summed E-state index contributed by atoms with van der Waals surface area (Å²) in [4.78, 5) is 16.7. The largest absolute Gasteiger partial charge is 0.387 e. The first-order valence-electron chi connectivity index (χ1n) is 8.02. The number of carbonyl (C=O) groups is 1. The number of aromatic nitrogens is 1. The molecule has 0 saturated heterocycles. The molecule has 126 valence electrons. The molecule has 3 rings (SSSR count). The Morgan fingerprint density at radius 1 is 1.46 bits per heavy atom. The van der Waals surface area contributed by atoms with E-state index in [0.717, 1.165) is 11.1 Å². The summed E-state index contributed by atoms with van der Waals surface area (Å²) in [6.45, 7) is 1.94. The highest BCUT2D eigenvalue weighted by atomic mass is 35.5. The number of fused-ring (bicyclic) bond motifs is 1. The zero-order valence-corrected chi connectivity index (χ0v) is 14.2. The van der Waals surface area contributed by atoms with Crippen LogP contribution in [0.25, 0.3) is 0 Å². The van der Waals surface area contributed by atoms with E-state index in [2.05, 4.69) is 4.98 Å². The van der Waals surface area contributed by atoms with Gasteiger partial charge in [0.2, 0.25) is 0 Å². The van der Waals surface area contributed by atoms with Crippen LogP contribution in [-0.4, -0.2) is 15.9 Å². The molecule has 5 heteroatoms. The Hall–Kier alpha value is -1.78. The van der Waals surface area contributed by atoms with Gasteiger partial charge in [0.1, 0.15) is 0 Å². The van der Waals surface area contributed by atoms with E-state index in [-0.39, 0.29) is 30.5 Å². The molecule has 1 aromatic carbocycles. The standard InChI is InChI=1S/C19H19ClFNO2/c1-12-4-5-13(15(20)11-12)6-7-17(24)19(21)9-8-16(23)18-14(19)3-2-10-22-18/h2-5,10-11,16,23H,6-9H2,1H3/t16-,19-/m1/s1. The van der Waals surface area contributed by atoms with Gasteiger partial charge in [-0.2, -0.15) is 0 Å². The van der Waals surface area contributed by atoms with Crippen LogP contribution in [0.3, 0.4) is 0 Å². The number of aliphatic hydroxyl groups excluding tert-OH is 1. The lowest BCUT2D eigenvalue weighted by molar-refractivity contribution is -0.133. The Morgan fingerprint density at radius 2 is 2.25 bits per heavy atom. The molecule has 0 fully saturated rings. The van der Waals surface area contributed by atoms with Gasteiger partial charge in [-0.1, -0.05) is 29.8 Å². The number of nitrogens with zero attached hydrogens (tertiary/aromatic N) is 1. The number of aliphatic hydroxyl groups is 1. The van der Waals surface area contributed by atoms with E-state index in [1.165, 1.54) is 6.20 Å². The molecule has 0 saturated carbocycles. The van der Waals surface area contributed by atoms with Crippen molar-refractivity contribution in [3.63, 3.8) is 0 Å². The first kappa shape index (κ1) is 17.1. The molecule has 1 aromatic heterocycles. The molecule has 0 amide bonds. The molecule has 2 aromatic rings. The summed E-state index contributed by atoms with van der Waals surface area (Å²) in [7, 11) is 0. The Morgan fingerprint density at radius 3 is 3.00 bits per heavy atom. The minimum Gasteiger partial charge on any atom is -0.387 e. The van der Waals surface area contributed by atoms with Gasteiger partial charge in [-0.05, 0) is 49.4 Å². The zero-order chi connectivity index (χ0) is 17.3. The lowest BCUT2D eigenvalue weighted by Gasteiger charge is -2.32. The smallest absolute Gasteiger partial charge is 0.195 e. The molecule has 1 N–H and O–H groups in total. The minimum absolute atomic E-state index is 0.0205. The van der Waals surface area contributed by atoms with Gasteiger partial charge in [-0.15, -0.1) is 0 Å². The molecule has 2 atom stereocenters. The maximum Gasteiger partial charge on any atom is 0.195 e. The normalized spacial score (nSPS) is 22.9. The fourth-order valence-corrected chi connectivity index (χ4v) is 3.55. The number of carbonyl (C=O) groups excluding carboxylic acids is 1. The van der Waals surface area contributed by atoms with Gasteiger partial charge in [0, 0.05) is 23.2 Å². The molecule has 0 radical (unpaired) electrons. The summed E-state index contributed by atoms with van der Waals surface area (Å²) >= 11 is 6.19. The Bertz CT molecular complexity index is 780. The summed E-state index contributed by atoms with van der Waals surface area (Å²) in [6.07, 6.45) is 1.31. The van der Waals surface area contributed by atoms with E-state index in [1.807, 2.05) is 25.1 Å². The monoisotopic (exact) mass is 347 g/mol. The van der Waals surface area contributed by atoms with Crippen molar-refractivity contribution < 1.29 is 14.3 Å². The molecule has 1 heterocycles. The van der Waals surface area contributed by atoms with E-state index in [9.17, 15) is 9.90 Å². The van der Waals surface area contributed by atoms with Gasteiger partial charge >= 0.3 is 0 Å². The summed E-state index contributed by atoms with van der Waals surface area (Å²) < 4.78 is 15.5. The lowest BCUT2D eigenvalue weighted by Crippen LogP contribution is -2.36. The molecule has 1 aliphatic carbocycles. The van der Waals surface area contributed by atoms with E-state index < -0.39 is 17.6 Å². The molecule has 3 nitrogen and oxygen atoms in total.